The zero-order valence-electron chi connectivity index (χ0n) is 24.6. The van der Waals surface area contributed by atoms with Gasteiger partial charge in [0.15, 0.2) is 6.23 Å². The minimum Gasteiger partial charge on any atom is -0.543 e. The highest BCUT2D eigenvalue weighted by molar-refractivity contribution is 6.74. The number of benzene rings is 1. The van der Waals surface area contributed by atoms with Gasteiger partial charge in [0.25, 0.3) is 0 Å². The Bertz CT molecular complexity index is 1230. The Morgan fingerprint density at radius 1 is 1.13 bits per heavy atom. The standard InChI is InChI=1S/C30H45N3O5Si/c1-21(34)20-35-15-13-22(2)37-25-16-23(18-31-19-25)29-26-17-24(38-39(6,7)30(3,4)5)11-12-27(26)33(32-29)28-10-8-9-14-36-28/h11-12,16-19,21-22,28,34H,8-10,13-15,20H2,1-7H3/t21-,22-,28?/m0/s1. The Balaban J connectivity index is 1.64. The second-order valence-corrected chi connectivity index (χ2v) is 16.9. The molecule has 0 spiro atoms. The molecule has 0 bridgehead atoms. The second-order valence-electron chi connectivity index (χ2n) is 12.2. The topological polar surface area (TPSA) is 87.9 Å². The monoisotopic (exact) mass is 555 g/mol. The van der Waals surface area contributed by atoms with E-state index >= 15 is 0 Å². The van der Waals surface area contributed by atoms with Crippen LogP contribution in [0, 0.1) is 0 Å². The second kappa shape index (κ2) is 12.4. The van der Waals surface area contributed by atoms with Crippen LogP contribution in [0.2, 0.25) is 18.1 Å². The Morgan fingerprint density at radius 2 is 1.92 bits per heavy atom. The number of hydrogen-bond acceptors (Lipinski definition) is 7. The zero-order chi connectivity index (χ0) is 28.2. The first-order valence-electron chi connectivity index (χ1n) is 14.2. The number of aliphatic hydroxyl groups is 1. The van der Waals surface area contributed by atoms with Gasteiger partial charge in [-0.25, -0.2) is 4.68 Å². The van der Waals surface area contributed by atoms with Crippen LogP contribution in [0.4, 0.5) is 0 Å². The van der Waals surface area contributed by atoms with E-state index in [1.807, 2.05) is 23.9 Å². The Hall–Kier alpha value is -2.46. The lowest BCUT2D eigenvalue weighted by Gasteiger charge is -2.36. The first-order valence-corrected chi connectivity index (χ1v) is 17.1. The van der Waals surface area contributed by atoms with Crippen molar-refractivity contribution in [1.82, 2.24) is 14.8 Å². The van der Waals surface area contributed by atoms with Gasteiger partial charge in [-0.3, -0.25) is 4.98 Å². The van der Waals surface area contributed by atoms with Crippen LogP contribution in [0.15, 0.2) is 36.7 Å². The van der Waals surface area contributed by atoms with E-state index < -0.39 is 14.4 Å². The van der Waals surface area contributed by atoms with Crippen molar-refractivity contribution >= 4 is 19.2 Å². The van der Waals surface area contributed by atoms with E-state index in [0.29, 0.717) is 25.4 Å². The molecule has 0 amide bonds. The average molecular weight is 556 g/mol. The Kier molecular flexibility index (Phi) is 9.36. The van der Waals surface area contributed by atoms with Crippen LogP contribution in [0.25, 0.3) is 22.2 Å². The SMILES string of the molecule is C[C@H](O)COCC[C@H](C)Oc1cncc(-c2nn(C3CCCCO3)c3ccc(O[Si](C)(C)C(C)(C)C)cc23)c1. The van der Waals surface area contributed by atoms with Crippen molar-refractivity contribution in [2.24, 2.45) is 0 Å². The van der Waals surface area contributed by atoms with E-state index in [1.165, 1.54) is 0 Å². The van der Waals surface area contributed by atoms with Crippen molar-refractivity contribution in [2.75, 3.05) is 19.8 Å². The van der Waals surface area contributed by atoms with Gasteiger partial charge < -0.3 is 23.7 Å². The van der Waals surface area contributed by atoms with Gasteiger partial charge in [0.1, 0.15) is 17.2 Å². The number of aliphatic hydroxyl groups excluding tert-OH is 1. The van der Waals surface area contributed by atoms with Gasteiger partial charge in [-0.1, -0.05) is 20.8 Å². The number of ether oxygens (including phenoxy) is 3. The summed E-state index contributed by atoms with van der Waals surface area (Å²) in [7, 11) is -2.01. The Labute approximate surface area is 233 Å². The number of rotatable bonds is 11. The Morgan fingerprint density at radius 3 is 2.62 bits per heavy atom. The first-order chi connectivity index (χ1) is 18.4. The van der Waals surface area contributed by atoms with Gasteiger partial charge in [-0.2, -0.15) is 5.10 Å². The smallest absolute Gasteiger partial charge is 0.250 e. The lowest BCUT2D eigenvalue weighted by Crippen LogP contribution is -2.43. The molecule has 3 atom stereocenters. The van der Waals surface area contributed by atoms with Crippen LogP contribution in [-0.2, 0) is 9.47 Å². The molecule has 9 heteroatoms. The third kappa shape index (κ3) is 7.39. The third-order valence-electron chi connectivity index (χ3n) is 7.64. The molecule has 214 valence electrons. The summed E-state index contributed by atoms with van der Waals surface area (Å²) in [6.45, 7) is 16.6. The number of hydrogen-bond donors (Lipinski definition) is 1. The molecule has 1 saturated heterocycles. The zero-order valence-corrected chi connectivity index (χ0v) is 25.6. The predicted molar refractivity (Wildman–Crippen MR) is 157 cm³/mol. The van der Waals surface area contributed by atoms with Crippen molar-refractivity contribution in [3.05, 3.63) is 36.7 Å². The molecule has 0 radical (unpaired) electrons. The number of pyridine rings is 1. The summed E-state index contributed by atoms with van der Waals surface area (Å²) in [6.07, 6.45) is 6.79. The predicted octanol–water partition coefficient (Wildman–Crippen LogP) is 6.74. The van der Waals surface area contributed by atoms with E-state index in [0.717, 1.165) is 53.8 Å². The lowest BCUT2D eigenvalue weighted by atomic mass is 10.1. The van der Waals surface area contributed by atoms with Crippen LogP contribution in [0.5, 0.6) is 11.5 Å². The van der Waals surface area contributed by atoms with Crippen molar-refractivity contribution in [1.29, 1.82) is 0 Å². The molecule has 1 aliphatic heterocycles. The summed E-state index contributed by atoms with van der Waals surface area (Å²) in [6, 6.07) is 8.28. The van der Waals surface area contributed by atoms with Crippen LogP contribution in [0.1, 0.15) is 66.5 Å². The fourth-order valence-corrected chi connectivity index (χ4v) is 5.41. The normalized spacial score (nSPS) is 18.2. The van der Waals surface area contributed by atoms with E-state index in [-0.39, 0.29) is 17.4 Å². The average Bonchev–Trinajstić information content (AvgIpc) is 3.25. The molecule has 2 aromatic heterocycles. The van der Waals surface area contributed by atoms with Crippen LogP contribution >= 0.6 is 0 Å². The molecule has 0 saturated carbocycles. The first kappa shape index (κ1) is 29.5. The molecule has 3 aromatic rings. The summed E-state index contributed by atoms with van der Waals surface area (Å²) < 4.78 is 26.5. The van der Waals surface area contributed by atoms with Gasteiger partial charge in [0, 0.05) is 30.2 Å². The van der Waals surface area contributed by atoms with Crippen LogP contribution in [-0.4, -0.2) is 60.2 Å². The maximum absolute atomic E-state index is 9.37. The molecular weight excluding hydrogens is 510 g/mol. The summed E-state index contributed by atoms with van der Waals surface area (Å²) in [4.78, 5) is 4.48. The van der Waals surface area contributed by atoms with Gasteiger partial charge in [0.05, 0.1) is 37.1 Å². The molecule has 4 rings (SSSR count). The van der Waals surface area contributed by atoms with Crippen molar-refractivity contribution in [3.8, 4) is 22.8 Å². The maximum Gasteiger partial charge on any atom is 0.250 e. The fraction of sp³-hybridized carbons (Fsp3) is 0.600. The molecule has 39 heavy (non-hydrogen) atoms. The van der Waals surface area contributed by atoms with Crippen LogP contribution < -0.4 is 9.16 Å². The third-order valence-corrected chi connectivity index (χ3v) is 12.0. The number of aromatic nitrogens is 3. The summed E-state index contributed by atoms with van der Waals surface area (Å²) in [5.41, 5.74) is 2.74. The van der Waals surface area contributed by atoms with Gasteiger partial charge in [-0.15, -0.1) is 0 Å². The van der Waals surface area contributed by atoms with E-state index in [9.17, 15) is 5.11 Å². The highest BCUT2D eigenvalue weighted by Crippen LogP contribution is 2.40. The summed E-state index contributed by atoms with van der Waals surface area (Å²) >= 11 is 0. The van der Waals surface area contributed by atoms with Gasteiger partial charge in [-0.05, 0) is 75.5 Å². The summed E-state index contributed by atoms with van der Waals surface area (Å²) in [5, 5.41) is 15.6. The minimum atomic E-state index is -2.01. The molecule has 1 aromatic carbocycles. The van der Waals surface area contributed by atoms with Gasteiger partial charge >= 0.3 is 0 Å². The molecule has 0 aliphatic carbocycles. The quantitative estimate of drug-likeness (QED) is 0.207. The fourth-order valence-electron chi connectivity index (χ4n) is 4.39. The van der Waals surface area contributed by atoms with Crippen LogP contribution in [0.3, 0.4) is 0 Å². The molecule has 1 fully saturated rings. The molecule has 3 heterocycles. The number of nitrogens with zero attached hydrogens (tertiary/aromatic N) is 3. The van der Waals surface area contributed by atoms with Crippen molar-refractivity contribution in [3.63, 3.8) is 0 Å². The maximum atomic E-state index is 9.37. The molecule has 1 aliphatic rings. The molecule has 1 N–H and O–H groups in total. The van der Waals surface area contributed by atoms with E-state index in [2.05, 4.69) is 57.0 Å². The van der Waals surface area contributed by atoms with Gasteiger partial charge in [0.2, 0.25) is 8.32 Å². The number of fused-ring (bicyclic) bond motifs is 1. The summed E-state index contributed by atoms with van der Waals surface area (Å²) in [5.74, 6) is 1.55. The molecule has 1 unspecified atom stereocenters. The molecular formula is C30H45N3O5Si. The van der Waals surface area contributed by atoms with E-state index in [1.54, 1.807) is 13.1 Å². The minimum absolute atomic E-state index is 0.0643. The molecule has 8 nitrogen and oxygen atoms in total. The highest BCUT2D eigenvalue weighted by atomic mass is 28.4. The van der Waals surface area contributed by atoms with Crippen molar-refractivity contribution in [2.45, 2.75) is 96.9 Å². The highest BCUT2D eigenvalue weighted by Gasteiger charge is 2.39. The lowest BCUT2D eigenvalue weighted by molar-refractivity contribution is -0.0365. The van der Waals surface area contributed by atoms with E-state index in [4.69, 9.17) is 23.7 Å². The van der Waals surface area contributed by atoms with Crippen molar-refractivity contribution < 1.29 is 23.7 Å². The largest absolute Gasteiger partial charge is 0.543 e.